The van der Waals surface area contributed by atoms with Crippen molar-refractivity contribution >= 4 is 35.1 Å². The third kappa shape index (κ3) is 5.41. The first-order chi connectivity index (χ1) is 15.6. The van der Waals surface area contributed by atoms with E-state index in [0.29, 0.717) is 28.8 Å². The van der Waals surface area contributed by atoms with Crippen LogP contribution in [0, 0.1) is 0 Å². The maximum Gasteiger partial charge on any atom is 0.256 e. The molecule has 162 valence electrons. The second-order valence-electron chi connectivity index (χ2n) is 6.96. The molecular formula is C22H21N7O2S. The molecule has 4 rings (SSSR count). The Morgan fingerprint density at radius 3 is 2.66 bits per heavy atom. The van der Waals surface area contributed by atoms with Gasteiger partial charge >= 0.3 is 0 Å². The van der Waals surface area contributed by atoms with Crippen LogP contribution in [0.15, 0.2) is 78.3 Å². The molecule has 2 heterocycles. The van der Waals surface area contributed by atoms with Crippen LogP contribution in [-0.4, -0.2) is 42.1 Å². The highest BCUT2D eigenvalue weighted by Crippen LogP contribution is 2.17. The first kappa shape index (κ1) is 21.3. The number of amides is 2. The fourth-order valence-corrected chi connectivity index (χ4v) is 3.67. The molecule has 0 aliphatic heterocycles. The van der Waals surface area contributed by atoms with Gasteiger partial charge in [0.15, 0.2) is 5.16 Å². The van der Waals surface area contributed by atoms with Crippen LogP contribution < -0.4 is 10.6 Å². The van der Waals surface area contributed by atoms with Gasteiger partial charge in [0.05, 0.1) is 18.5 Å². The summed E-state index contributed by atoms with van der Waals surface area (Å²) in [4.78, 5) is 25.1. The number of rotatable bonds is 8. The molecule has 0 fully saturated rings. The summed E-state index contributed by atoms with van der Waals surface area (Å²) in [5.41, 5.74) is 2.05. The Morgan fingerprint density at radius 2 is 1.88 bits per heavy atom. The third-order valence-electron chi connectivity index (χ3n) is 4.54. The number of aromatic nitrogens is 5. The summed E-state index contributed by atoms with van der Waals surface area (Å²) in [6.45, 7) is 0.544. The molecule has 2 amide bonds. The Balaban J connectivity index is 1.37. The predicted octanol–water partition coefficient (Wildman–Crippen LogP) is 3.04. The Morgan fingerprint density at radius 1 is 1.03 bits per heavy atom. The molecule has 0 radical (unpaired) electrons. The van der Waals surface area contributed by atoms with Crippen LogP contribution in [0.4, 0.5) is 11.5 Å². The van der Waals surface area contributed by atoms with Crippen molar-refractivity contribution in [3.63, 3.8) is 0 Å². The second-order valence-corrected chi connectivity index (χ2v) is 7.90. The molecule has 0 spiro atoms. The number of benzene rings is 2. The molecule has 4 aromatic rings. The van der Waals surface area contributed by atoms with Crippen molar-refractivity contribution in [3.05, 3.63) is 84.3 Å². The predicted molar refractivity (Wildman–Crippen MR) is 123 cm³/mol. The van der Waals surface area contributed by atoms with Gasteiger partial charge in [0.2, 0.25) is 5.91 Å². The molecule has 2 aromatic carbocycles. The molecule has 0 saturated carbocycles. The van der Waals surface area contributed by atoms with Crippen LogP contribution >= 0.6 is 11.8 Å². The average molecular weight is 448 g/mol. The number of hydrogen-bond donors (Lipinski definition) is 2. The topological polar surface area (TPSA) is 107 Å². The maximum atomic E-state index is 12.8. The van der Waals surface area contributed by atoms with Gasteiger partial charge in [-0.15, -0.1) is 10.2 Å². The van der Waals surface area contributed by atoms with Crippen LogP contribution in [0.5, 0.6) is 0 Å². The first-order valence-electron chi connectivity index (χ1n) is 9.82. The number of nitrogens with zero attached hydrogens (tertiary/aromatic N) is 5. The van der Waals surface area contributed by atoms with E-state index in [1.54, 1.807) is 52.1 Å². The summed E-state index contributed by atoms with van der Waals surface area (Å²) < 4.78 is 3.47. The zero-order chi connectivity index (χ0) is 22.3. The van der Waals surface area contributed by atoms with Gasteiger partial charge in [0.1, 0.15) is 12.1 Å². The standard InChI is InChI=1S/C22H21N7O2S/c1-28-15-23-27-22(28)32-14-20(30)25-18-9-5-8-17(12-18)21(31)26-19-10-11-24-29(19)13-16-6-3-2-4-7-16/h2-12,15H,13-14H2,1H3,(H,25,30)(H,26,31). The lowest BCUT2D eigenvalue weighted by Gasteiger charge is -2.10. The summed E-state index contributed by atoms with van der Waals surface area (Å²) in [5, 5.41) is 18.4. The average Bonchev–Trinajstić information content (AvgIpc) is 3.41. The van der Waals surface area contributed by atoms with E-state index in [0.717, 1.165) is 5.56 Å². The molecule has 0 saturated heterocycles. The molecular weight excluding hydrogens is 426 g/mol. The van der Waals surface area contributed by atoms with E-state index in [1.807, 2.05) is 37.4 Å². The molecule has 10 heteroatoms. The molecule has 0 atom stereocenters. The quantitative estimate of drug-likeness (QED) is 0.402. The van der Waals surface area contributed by atoms with Crippen molar-refractivity contribution in [2.24, 2.45) is 7.05 Å². The fraction of sp³-hybridized carbons (Fsp3) is 0.136. The van der Waals surface area contributed by atoms with E-state index in [4.69, 9.17) is 0 Å². The van der Waals surface area contributed by atoms with E-state index < -0.39 is 0 Å². The normalized spacial score (nSPS) is 10.7. The maximum absolute atomic E-state index is 12.8. The van der Waals surface area contributed by atoms with E-state index in [2.05, 4.69) is 25.9 Å². The Bertz CT molecular complexity index is 1220. The van der Waals surface area contributed by atoms with Gasteiger partial charge in [0.25, 0.3) is 5.91 Å². The van der Waals surface area contributed by atoms with Crippen LogP contribution in [0.1, 0.15) is 15.9 Å². The fourth-order valence-electron chi connectivity index (χ4n) is 2.98. The largest absolute Gasteiger partial charge is 0.325 e. The van der Waals surface area contributed by atoms with E-state index >= 15 is 0 Å². The number of anilines is 2. The second kappa shape index (κ2) is 9.92. The Kier molecular flexibility index (Phi) is 6.61. The molecule has 9 nitrogen and oxygen atoms in total. The highest BCUT2D eigenvalue weighted by atomic mass is 32.2. The summed E-state index contributed by atoms with van der Waals surface area (Å²) in [6, 6.07) is 18.4. The lowest BCUT2D eigenvalue weighted by atomic mass is 10.2. The van der Waals surface area contributed by atoms with Gasteiger partial charge in [-0.05, 0) is 23.8 Å². The van der Waals surface area contributed by atoms with Gasteiger partial charge < -0.3 is 15.2 Å². The summed E-state index contributed by atoms with van der Waals surface area (Å²) in [7, 11) is 1.81. The van der Waals surface area contributed by atoms with Crippen molar-refractivity contribution in [2.45, 2.75) is 11.7 Å². The Hall–Kier alpha value is -3.92. The van der Waals surface area contributed by atoms with Crippen molar-refractivity contribution in [1.82, 2.24) is 24.5 Å². The minimum Gasteiger partial charge on any atom is -0.325 e. The van der Waals surface area contributed by atoms with Gasteiger partial charge in [-0.25, -0.2) is 4.68 Å². The lowest BCUT2D eigenvalue weighted by Crippen LogP contribution is -2.17. The number of carbonyl (C=O) groups is 2. The van der Waals surface area contributed by atoms with Crippen LogP contribution in [0.2, 0.25) is 0 Å². The molecule has 2 aromatic heterocycles. The third-order valence-corrected chi connectivity index (χ3v) is 5.58. The minimum absolute atomic E-state index is 0.182. The summed E-state index contributed by atoms with van der Waals surface area (Å²) in [5.74, 6) is 0.288. The smallest absolute Gasteiger partial charge is 0.256 e. The van der Waals surface area contributed by atoms with Gasteiger partial charge in [0, 0.05) is 24.4 Å². The van der Waals surface area contributed by atoms with Crippen molar-refractivity contribution in [1.29, 1.82) is 0 Å². The number of thioether (sulfide) groups is 1. The highest BCUT2D eigenvalue weighted by Gasteiger charge is 2.12. The SMILES string of the molecule is Cn1cnnc1SCC(=O)Nc1cccc(C(=O)Nc2ccnn2Cc2ccccc2)c1. The number of hydrogen-bond acceptors (Lipinski definition) is 6. The molecule has 2 N–H and O–H groups in total. The van der Waals surface area contributed by atoms with Crippen LogP contribution in [-0.2, 0) is 18.4 Å². The van der Waals surface area contributed by atoms with Gasteiger partial charge in [-0.3, -0.25) is 9.59 Å². The number of nitrogens with one attached hydrogen (secondary N) is 2. The van der Waals surface area contributed by atoms with E-state index in [1.165, 1.54) is 11.8 Å². The monoisotopic (exact) mass is 447 g/mol. The molecule has 0 aliphatic rings. The van der Waals surface area contributed by atoms with Crippen LogP contribution in [0.3, 0.4) is 0 Å². The van der Waals surface area contributed by atoms with Crippen molar-refractivity contribution in [2.75, 3.05) is 16.4 Å². The molecule has 0 unspecified atom stereocenters. The van der Waals surface area contributed by atoms with Crippen LogP contribution in [0.25, 0.3) is 0 Å². The molecule has 0 bridgehead atoms. The highest BCUT2D eigenvalue weighted by molar-refractivity contribution is 7.99. The summed E-state index contributed by atoms with van der Waals surface area (Å²) >= 11 is 1.28. The van der Waals surface area contributed by atoms with Crippen molar-refractivity contribution < 1.29 is 9.59 Å². The molecule has 32 heavy (non-hydrogen) atoms. The summed E-state index contributed by atoms with van der Waals surface area (Å²) in [6.07, 6.45) is 3.22. The zero-order valence-corrected chi connectivity index (χ0v) is 18.1. The van der Waals surface area contributed by atoms with E-state index in [-0.39, 0.29) is 17.6 Å². The van der Waals surface area contributed by atoms with E-state index in [9.17, 15) is 9.59 Å². The minimum atomic E-state index is -0.288. The number of aryl methyl sites for hydroxylation is 1. The first-order valence-corrected chi connectivity index (χ1v) is 10.8. The van der Waals surface area contributed by atoms with Crippen molar-refractivity contribution in [3.8, 4) is 0 Å². The number of carbonyl (C=O) groups excluding carboxylic acids is 2. The van der Waals surface area contributed by atoms with Gasteiger partial charge in [-0.2, -0.15) is 5.10 Å². The van der Waals surface area contributed by atoms with Gasteiger partial charge in [-0.1, -0.05) is 48.2 Å². The zero-order valence-electron chi connectivity index (χ0n) is 17.3. The molecule has 0 aliphatic carbocycles. The lowest BCUT2D eigenvalue weighted by molar-refractivity contribution is -0.113. The Labute approximate surface area is 188 Å².